The van der Waals surface area contributed by atoms with Gasteiger partial charge in [0.1, 0.15) is 5.82 Å². The molecule has 94 valence electrons. The molecule has 2 rings (SSSR count). The minimum Gasteiger partial charge on any atom is -0.392 e. The van der Waals surface area contributed by atoms with Crippen LogP contribution in [0.15, 0.2) is 42.5 Å². The van der Waals surface area contributed by atoms with Gasteiger partial charge in [0, 0.05) is 18.4 Å². The number of anilines is 2. The molecule has 0 aliphatic carbocycles. The number of nitrogens with zero attached hydrogens (tertiary/aromatic N) is 1. The maximum atomic E-state index is 13.2. The van der Waals surface area contributed by atoms with Gasteiger partial charge < -0.3 is 10.0 Å². The van der Waals surface area contributed by atoms with Gasteiger partial charge in [0.05, 0.1) is 6.61 Å². The van der Waals surface area contributed by atoms with Gasteiger partial charge in [-0.3, -0.25) is 0 Å². The summed E-state index contributed by atoms with van der Waals surface area (Å²) in [5.41, 5.74) is 3.70. The van der Waals surface area contributed by atoms with Gasteiger partial charge in [-0.1, -0.05) is 12.1 Å². The Morgan fingerprint density at radius 2 is 1.83 bits per heavy atom. The molecule has 0 saturated heterocycles. The van der Waals surface area contributed by atoms with Crippen molar-refractivity contribution in [1.82, 2.24) is 0 Å². The normalized spacial score (nSPS) is 10.4. The molecular weight excluding hydrogens is 229 g/mol. The molecule has 3 heteroatoms. The zero-order chi connectivity index (χ0) is 13.1. The lowest BCUT2D eigenvalue weighted by atomic mass is 10.1. The molecule has 0 radical (unpaired) electrons. The smallest absolute Gasteiger partial charge is 0.125 e. The van der Waals surface area contributed by atoms with Crippen molar-refractivity contribution >= 4 is 11.4 Å². The molecule has 2 aromatic carbocycles. The van der Waals surface area contributed by atoms with Gasteiger partial charge in [-0.05, 0) is 48.4 Å². The van der Waals surface area contributed by atoms with Gasteiger partial charge in [0.25, 0.3) is 0 Å². The quantitative estimate of drug-likeness (QED) is 0.896. The van der Waals surface area contributed by atoms with Crippen molar-refractivity contribution in [3.05, 3.63) is 59.4 Å². The van der Waals surface area contributed by atoms with Crippen molar-refractivity contribution in [2.45, 2.75) is 13.5 Å². The van der Waals surface area contributed by atoms with Gasteiger partial charge in [0.15, 0.2) is 0 Å². The van der Waals surface area contributed by atoms with Crippen molar-refractivity contribution in [2.75, 3.05) is 11.9 Å². The summed E-state index contributed by atoms with van der Waals surface area (Å²) >= 11 is 0. The maximum Gasteiger partial charge on any atom is 0.125 e. The summed E-state index contributed by atoms with van der Waals surface area (Å²) in [5, 5.41) is 9.14. The minimum absolute atomic E-state index is 0.0375. The Kier molecular flexibility index (Phi) is 3.63. The van der Waals surface area contributed by atoms with Crippen molar-refractivity contribution < 1.29 is 9.50 Å². The van der Waals surface area contributed by atoms with Crippen molar-refractivity contribution in [2.24, 2.45) is 0 Å². The zero-order valence-electron chi connectivity index (χ0n) is 10.5. The van der Waals surface area contributed by atoms with E-state index in [2.05, 4.69) is 0 Å². The fourth-order valence-electron chi connectivity index (χ4n) is 1.90. The summed E-state index contributed by atoms with van der Waals surface area (Å²) in [4.78, 5) is 1.91. The first-order chi connectivity index (χ1) is 8.61. The summed E-state index contributed by atoms with van der Waals surface area (Å²) < 4.78 is 13.2. The van der Waals surface area contributed by atoms with E-state index in [1.54, 1.807) is 6.07 Å². The molecule has 0 bridgehead atoms. The molecule has 2 nitrogen and oxygen atoms in total. The van der Waals surface area contributed by atoms with Crippen LogP contribution in [0, 0.1) is 12.7 Å². The predicted molar refractivity (Wildman–Crippen MR) is 71.6 cm³/mol. The summed E-state index contributed by atoms with van der Waals surface area (Å²) in [6, 6.07) is 12.3. The fourth-order valence-corrected chi connectivity index (χ4v) is 1.90. The van der Waals surface area contributed by atoms with Crippen LogP contribution in [0.3, 0.4) is 0 Å². The number of aryl methyl sites for hydroxylation is 1. The van der Waals surface area contributed by atoms with Crippen LogP contribution >= 0.6 is 0 Å². The van der Waals surface area contributed by atoms with Gasteiger partial charge >= 0.3 is 0 Å². The highest BCUT2D eigenvalue weighted by atomic mass is 19.1. The molecule has 0 amide bonds. The van der Waals surface area contributed by atoms with Crippen LogP contribution in [0.4, 0.5) is 15.8 Å². The van der Waals surface area contributed by atoms with E-state index < -0.39 is 0 Å². The molecule has 0 aliphatic rings. The summed E-state index contributed by atoms with van der Waals surface area (Å²) in [6.45, 7) is 1.99. The highest BCUT2D eigenvalue weighted by molar-refractivity contribution is 5.63. The lowest BCUT2D eigenvalue weighted by Crippen LogP contribution is -2.10. The Morgan fingerprint density at radius 1 is 1.11 bits per heavy atom. The fraction of sp³-hybridized carbons (Fsp3) is 0.200. The number of halogens is 1. The van der Waals surface area contributed by atoms with Crippen LogP contribution in [-0.2, 0) is 6.61 Å². The molecule has 18 heavy (non-hydrogen) atoms. The number of aliphatic hydroxyl groups is 1. The van der Waals surface area contributed by atoms with Crippen molar-refractivity contribution in [1.29, 1.82) is 0 Å². The Hall–Kier alpha value is -1.87. The second-order valence-electron chi connectivity index (χ2n) is 4.31. The van der Waals surface area contributed by atoms with E-state index in [9.17, 15) is 4.39 Å². The largest absolute Gasteiger partial charge is 0.392 e. The number of hydrogen-bond donors (Lipinski definition) is 1. The van der Waals surface area contributed by atoms with Crippen LogP contribution < -0.4 is 4.90 Å². The van der Waals surface area contributed by atoms with Gasteiger partial charge in [0.2, 0.25) is 0 Å². The summed E-state index contributed by atoms with van der Waals surface area (Å²) in [5.74, 6) is -0.247. The average molecular weight is 245 g/mol. The number of rotatable bonds is 3. The molecule has 0 aromatic heterocycles. The molecule has 0 fully saturated rings. The van der Waals surface area contributed by atoms with E-state index in [0.717, 1.165) is 22.5 Å². The third-order valence-corrected chi connectivity index (χ3v) is 3.08. The van der Waals surface area contributed by atoms with Crippen LogP contribution in [-0.4, -0.2) is 12.2 Å². The van der Waals surface area contributed by atoms with E-state index in [0.29, 0.717) is 0 Å². The van der Waals surface area contributed by atoms with Crippen LogP contribution in [0.25, 0.3) is 0 Å². The van der Waals surface area contributed by atoms with E-state index in [-0.39, 0.29) is 12.4 Å². The lowest BCUT2D eigenvalue weighted by molar-refractivity contribution is 0.281. The molecule has 0 atom stereocenters. The molecule has 0 spiro atoms. The first-order valence-corrected chi connectivity index (χ1v) is 5.81. The highest BCUT2D eigenvalue weighted by Crippen LogP contribution is 2.25. The molecule has 0 unspecified atom stereocenters. The molecule has 0 saturated carbocycles. The first kappa shape index (κ1) is 12.6. The Morgan fingerprint density at radius 3 is 2.44 bits per heavy atom. The zero-order valence-corrected chi connectivity index (χ0v) is 10.5. The third kappa shape index (κ3) is 2.51. The minimum atomic E-state index is -0.247. The Balaban J connectivity index is 2.34. The Labute approximate surface area is 106 Å². The Bertz CT molecular complexity index is 554. The number of benzene rings is 2. The van der Waals surface area contributed by atoms with Gasteiger partial charge in [-0.15, -0.1) is 0 Å². The SMILES string of the molecule is Cc1cc(N(C)c2cccc(F)c2)ccc1CO. The topological polar surface area (TPSA) is 23.5 Å². The van der Waals surface area contributed by atoms with Crippen molar-refractivity contribution in [3.63, 3.8) is 0 Å². The van der Waals surface area contributed by atoms with Gasteiger partial charge in [-0.25, -0.2) is 4.39 Å². The highest BCUT2D eigenvalue weighted by Gasteiger charge is 2.06. The average Bonchev–Trinajstić information content (AvgIpc) is 2.37. The molecular formula is C15H16FNO. The second-order valence-corrected chi connectivity index (χ2v) is 4.31. The molecule has 2 aromatic rings. The van der Waals surface area contributed by atoms with Crippen LogP contribution in [0.2, 0.25) is 0 Å². The van der Waals surface area contributed by atoms with E-state index in [1.807, 2.05) is 43.1 Å². The first-order valence-electron chi connectivity index (χ1n) is 5.81. The lowest BCUT2D eigenvalue weighted by Gasteiger charge is -2.20. The van der Waals surface area contributed by atoms with Gasteiger partial charge in [-0.2, -0.15) is 0 Å². The standard InChI is InChI=1S/C15H16FNO/c1-11-8-15(7-6-12(11)10-18)17(2)14-5-3-4-13(16)9-14/h3-9,18H,10H2,1-2H3. The number of aliphatic hydroxyl groups excluding tert-OH is 1. The van der Waals surface area contributed by atoms with E-state index in [4.69, 9.17) is 5.11 Å². The van der Waals surface area contributed by atoms with E-state index >= 15 is 0 Å². The van der Waals surface area contributed by atoms with Crippen LogP contribution in [0.5, 0.6) is 0 Å². The molecule has 1 N–H and O–H groups in total. The third-order valence-electron chi connectivity index (χ3n) is 3.08. The molecule has 0 aliphatic heterocycles. The number of hydrogen-bond acceptors (Lipinski definition) is 2. The second kappa shape index (κ2) is 5.19. The van der Waals surface area contributed by atoms with Crippen molar-refractivity contribution in [3.8, 4) is 0 Å². The summed E-state index contributed by atoms with van der Waals surface area (Å²) in [7, 11) is 1.89. The predicted octanol–water partition coefficient (Wildman–Crippen LogP) is 3.39. The summed E-state index contributed by atoms with van der Waals surface area (Å²) in [6.07, 6.45) is 0. The van der Waals surface area contributed by atoms with E-state index in [1.165, 1.54) is 12.1 Å². The maximum absolute atomic E-state index is 13.2. The van der Waals surface area contributed by atoms with Crippen LogP contribution in [0.1, 0.15) is 11.1 Å². The molecule has 0 heterocycles. The monoisotopic (exact) mass is 245 g/mol.